The second-order valence-electron chi connectivity index (χ2n) is 10.9. The molecule has 0 aliphatic carbocycles. The molecule has 0 saturated heterocycles. The Labute approximate surface area is 241 Å². The summed E-state index contributed by atoms with van der Waals surface area (Å²) < 4.78 is 17.8. The molecular formula is C36H19N3O4. The second-order valence-corrected chi connectivity index (χ2v) is 10.9. The Balaban J connectivity index is 1.41. The number of rotatable bonds is 2. The fraction of sp³-hybridized carbons (Fsp3) is 0. The zero-order valence-electron chi connectivity index (χ0n) is 22.4. The lowest BCUT2D eigenvalue weighted by Gasteiger charge is -2.18. The summed E-state index contributed by atoms with van der Waals surface area (Å²) in [5, 5.41) is 4.52. The van der Waals surface area contributed by atoms with Crippen molar-refractivity contribution in [3.05, 3.63) is 136 Å². The summed E-state index contributed by atoms with van der Waals surface area (Å²) in [6.07, 6.45) is 0. The summed E-state index contributed by atoms with van der Waals surface area (Å²) in [6, 6.07) is 36.4. The van der Waals surface area contributed by atoms with Crippen LogP contribution in [0.5, 0.6) is 0 Å². The van der Waals surface area contributed by atoms with Crippen molar-refractivity contribution in [1.82, 2.24) is 13.5 Å². The van der Waals surface area contributed by atoms with Crippen molar-refractivity contribution in [3.63, 3.8) is 0 Å². The number of nitrogens with zero attached hydrogens (tertiary/aromatic N) is 3. The third-order valence-corrected chi connectivity index (χ3v) is 8.67. The Kier molecular flexibility index (Phi) is 4.10. The van der Waals surface area contributed by atoms with Crippen LogP contribution < -0.4 is 11.1 Å². The lowest BCUT2D eigenvalue weighted by atomic mass is 10.1. The topological polar surface area (TPSA) is 74.7 Å². The van der Waals surface area contributed by atoms with E-state index in [4.69, 9.17) is 8.83 Å². The van der Waals surface area contributed by atoms with Crippen LogP contribution in [0.2, 0.25) is 0 Å². The molecule has 7 heteroatoms. The number of aromatic nitrogens is 3. The lowest BCUT2D eigenvalue weighted by molar-refractivity contribution is 0.668. The fourth-order valence-corrected chi connectivity index (χ4v) is 6.92. The number of fused-ring (bicyclic) bond motifs is 6. The zero-order valence-corrected chi connectivity index (χ0v) is 22.4. The van der Waals surface area contributed by atoms with E-state index < -0.39 is 0 Å². The van der Waals surface area contributed by atoms with Gasteiger partial charge >= 0.3 is 0 Å². The summed E-state index contributed by atoms with van der Waals surface area (Å²) in [6.45, 7) is 0. The molecule has 0 radical (unpaired) electrons. The maximum Gasteiger partial charge on any atom is 0.266 e. The molecule has 0 aliphatic rings. The minimum atomic E-state index is -0.198. The average Bonchev–Trinajstić information content (AvgIpc) is 3.75. The largest absolute Gasteiger partial charge is 0.456 e. The summed E-state index contributed by atoms with van der Waals surface area (Å²) in [5.74, 6) is 0. The van der Waals surface area contributed by atoms with Gasteiger partial charge in [0.1, 0.15) is 33.6 Å². The monoisotopic (exact) mass is 557 g/mol. The molecule has 0 atom stereocenters. The maximum absolute atomic E-state index is 14.4. The third kappa shape index (κ3) is 2.74. The number of hydrogen-bond donors (Lipinski definition) is 0. The first-order valence-electron chi connectivity index (χ1n) is 14.0. The lowest BCUT2D eigenvalue weighted by Crippen LogP contribution is -2.26. The van der Waals surface area contributed by atoms with Gasteiger partial charge in [-0.05, 0) is 60.7 Å². The summed E-state index contributed by atoms with van der Waals surface area (Å²) in [7, 11) is 0. The van der Waals surface area contributed by atoms with Crippen LogP contribution in [0.3, 0.4) is 0 Å². The highest BCUT2D eigenvalue weighted by atomic mass is 16.3. The van der Waals surface area contributed by atoms with Crippen LogP contribution in [0.25, 0.3) is 82.8 Å². The molecule has 5 heterocycles. The van der Waals surface area contributed by atoms with E-state index in [1.54, 1.807) is 27.3 Å². The Morgan fingerprint density at radius 1 is 0.419 bits per heavy atom. The van der Waals surface area contributed by atoms with Crippen molar-refractivity contribution >= 4 is 71.5 Å². The molecule has 5 aromatic heterocycles. The van der Waals surface area contributed by atoms with Crippen molar-refractivity contribution in [1.29, 1.82) is 0 Å². The molecule has 5 aromatic carbocycles. The van der Waals surface area contributed by atoms with Gasteiger partial charge in [0.25, 0.3) is 11.1 Å². The number of hydrogen-bond acceptors (Lipinski definition) is 4. The van der Waals surface area contributed by atoms with Crippen LogP contribution >= 0.6 is 0 Å². The van der Waals surface area contributed by atoms with Crippen LogP contribution in [0, 0.1) is 0 Å². The first-order chi connectivity index (χ1) is 21.2. The first-order valence-corrected chi connectivity index (χ1v) is 14.0. The van der Waals surface area contributed by atoms with E-state index in [0.717, 1.165) is 44.1 Å². The van der Waals surface area contributed by atoms with Gasteiger partial charge in [-0.15, -0.1) is 0 Å². The molecule has 0 unspecified atom stereocenters. The van der Waals surface area contributed by atoms with E-state index in [1.807, 2.05) is 101 Å². The van der Waals surface area contributed by atoms with Gasteiger partial charge in [0.15, 0.2) is 0 Å². The molecular weight excluding hydrogens is 538 g/mol. The van der Waals surface area contributed by atoms with Crippen LogP contribution in [0.4, 0.5) is 0 Å². The van der Waals surface area contributed by atoms with Gasteiger partial charge in [0, 0.05) is 10.8 Å². The van der Waals surface area contributed by atoms with E-state index in [1.165, 1.54) is 0 Å². The predicted molar refractivity (Wildman–Crippen MR) is 169 cm³/mol. The van der Waals surface area contributed by atoms with Gasteiger partial charge in [0.05, 0.1) is 38.4 Å². The zero-order chi connectivity index (χ0) is 28.4. The molecule has 0 amide bonds. The van der Waals surface area contributed by atoms with Crippen LogP contribution in [0.1, 0.15) is 0 Å². The van der Waals surface area contributed by atoms with Gasteiger partial charge in [0.2, 0.25) is 0 Å². The van der Waals surface area contributed by atoms with Gasteiger partial charge in [-0.1, -0.05) is 54.6 Å². The summed E-state index contributed by atoms with van der Waals surface area (Å²) in [5.41, 5.74) is 5.86. The minimum absolute atomic E-state index is 0.198. The second kappa shape index (κ2) is 7.80. The molecule has 0 N–H and O–H groups in total. The highest BCUT2D eigenvalue weighted by Gasteiger charge is 2.24. The van der Waals surface area contributed by atoms with E-state index >= 15 is 0 Å². The minimum Gasteiger partial charge on any atom is -0.456 e. The Hall–Kier alpha value is -6.08. The SMILES string of the molecule is O=c1c2cccc3c(=O)n(-c4cccc5oc6ccccc6c45)c4ccc(n1-c1cccc5oc6ccccc6c15)n4c23. The smallest absolute Gasteiger partial charge is 0.266 e. The predicted octanol–water partition coefficient (Wildman–Crippen LogP) is 7.78. The van der Waals surface area contributed by atoms with Crippen LogP contribution in [-0.4, -0.2) is 13.5 Å². The number of para-hydroxylation sites is 3. The summed E-state index contributed by atoms with van der Waals surface area (Å²) >= 11 is 0. The Morgan fingerprint density at radius 2 is 0.837 bits per heavy atom. The van der Waals surface area contributed by atoms with E-state index in [-0.39, 0.29) is 11.1 Å². The fourth-order valence-electron chi connectivity index (χ4n) is 6.92. The van der Waals surface area contributed by atoms with Gasteiger partial charge in [-0.2, -0.15) is 0 Å². The molecule has 43 heavy (non-hydrogen) atoms. The van der Waals surface area contributed by atoms with Gasteiger partial charge < -0.3 is 8.83 Å². The maximum atomic E-state index is 14.4. The van der Waals surface area contributed by atoms with Crippen molar-refractivity contribution in [2.45, 2.75) is 0 Å². The molecule has 0 spiro atoms. The molecule has 7 nitrogen and oxygen atoms in total. The highest BCUT2D eigenvalue weighted by Crippen LogP contribution is 2.36. The number of furan rings is 2. The van der Waals surface area contributed by atoms with Crippen LogP contribution in [-0.2, 0) is 0 Å². The van der Waals surface area contributed by atoms with Gasteiger partial charge in [-0.25, -0.2) is 0 Å². The van der Waals surface area contributed by atoms with Crippen molar-refractivity contribution < 1.29 is 8.83 Å². The summed E-state index contributed by atoms with van der Waals surface area (Å²) in [4.78, 5) is 28.7. The van der Waals surface area contributed by atoms with E-state index in [2.05, 4.69) is 0 Å². The van der Waals surface area contributed by atoms with Crippen molar-refractivity contribution in [2.75, 3.05) is 0 Å². The van der Waals surface area contributed by atoms with Crippen molar-refractivity contribution in [3.8, 4) is 11.4 Å². The first kappa shape index (κ1) is 22.6. The molecule has 0 aliphatic heterocycles. The molecule has 10 rings (SSSR count). The molecule has 0 fully saturated rings. The Bertz CT molecular complexity index is 2700. The molecule has 202 valence electrons. The van der Waals surface area contributed by atoms with Gasteiger partial charge in [-0.3, -0.25) is 23.1 Å². The molecule has 10 aromatic rings. The number of benzene rings is 5. The standard InChI is InChI=1S/C36H19N3O4/c40-35-22-10-5-11-23-34(22)39-30(37(35)24-12-6-16-28-32(24)20-8-1-3-14-26(20)42-28)18-19-31(39)38(36(23)41)25-13-7-17-29-33(25)21-9-2-4-15-27(21)43-29/h1-19H. The quantitative estimate of drug-likeness (QED) is 0.218. The van der Waals surface area contributed by atoms with E-state index in [0.29, 0.717) is 38.7 Å². The van der Waals surface area contributed by atoms with E-state index in [9.17, 15) is 9.59 Å². The third-order valence-electron chi connectivity index (χ3n) is 8.67. The van der Waals surface area contributed by atoms with Crippen molar-refractivity contribution in [2.24, 2.45) is 0 Å². The Morgan fingerprint density at radius 3 is 1.35 bits per heavy atom. The average molecular weight is 558 g/mol. The normalized spacial score (nSPS) is 12.4. The molecule has 0 bridgehead atoms. The molecule has 0 saturated carbocycles. The van der Waals surface area contributed by atoms with Crippen LogP contribution in [0.15, 0.2) is 134 Å². The highest BCUT2D eigenvalue weighted by molar-refractivity contribution is 6.11.